The maximum absolute atomic E-state index is 14.2. The lowest BCUT2D eigenvalue weighted by Crippen LogP contribution is -2.28. The van der Waals surface area contributed by atoms with Crippen molar-refractivity contribution in [2.24, 2.45) is 4.99 Å². The predicted octanol–water partition coefficient (Wildman–Crippen LogP) is 8.38. The van der Waals surface area contributed by atoms with Crippen LogP contribution in [0.3, 0.4) is 0 Å². The summed E-state index contributed by atoms with van der Waals surface area (Å²) in [6.45, 7) is 0.787. The molecule has 1 saturated heterocycles. The van der Waals surface area contributed by atoms with E-state index in [9.17, 15) is 9.18 Å². The fraction of sp³-hybridized carbons (Fsp3) is 0.0968. The highest BCUT2D eigenvalue weighted by atomic mass is 35.5. The van der Waals surface area contributed by atoms with E-state index in [-0.39, 0.29) is 23.4 Å². The fourth-order valence-electron chi connectivity index (χ4n) is 4.02. The Bertz CT molecular complexity index is 1550. The number of rotatable bonds is 8. The van der Waals surface area contributed by atoms with Crippen LogP contribution in [0.4, 0.5) is 4.39 Å². The molecule has 39 heavy (non-hydrogen) atoms. The van der Waals surface area contributed by atoms with Gasteiger partial charge in [-0.05, 0) is 47.2 Å². The van der Waals surface area contributed by atoms with Crippen LogP contribution >= 0.6 is 35.0 Å². The number of carbonyl (C=O) groups is 1. The van der Waals surface area contributed by atoms with Crippen LogP contribution in [0.1, 0.15) is 22.3 Å². The van der Waals surface area contributed by atoms with Gasteiger partial charge in [0.25, 0.3) is 5.91 Å². The first-order valence-electron chi connectivity index (χ1n) is 12.2. The Labute approximate surface area is 240 Å². The van der Waals surface area contributed by atoms with Crippen LogP contribution in [-0.4, -0.2) is 16.0 Å². The van der Waals surface area contributed by atoms with E-state index < -0.39 is 0 Å². The summed E-state index contributed by atoms with van der Waals surface area (Å²) in [6, 6.07) is 29.2. The summed E-state index contributed by atoms with van der Waals surface area (Å²) in [5.41, 5.74) is 2.93. The Hall–Kier alpha value is -3.58. The molecule has 0 radical (unpaired) electrons. The highest BCUT2D eigenvalue weighted by Crippen LogP contribution is 2.39. The number of aliphatic imine (C=N–C) groups is 1. The van der Waals surface area contributed by atoms with E-state index in [4.69, 9.17) is 32.9 Å². The first-order valence-corrected chi connectivity index (χ1v) is 13.7. The second-order valence-corrected chi connectivity index (χ2v) is 10.6. The number of amides is 1. The van der Waals surface area contributed by atoms with E-state index in [0.29, 0.717) is 45.1 Å². The quantitative estimate of drug-likeness (QED) is 0.198. The molecule has 1 fully saturated rings. The molecule has 1 amide bonds. The van der Waals surface area contributed by atoms with Crippen molar-refractivity contribution in [2.45, 2.75) is 19.7 Å². The number of ether oxygens (including phenoxy) is 1. The maximum Gasteiger partial charge on any atom is 0.267 e. The first kappa shape index (κ1) is 27.0. The molecule has 4 aromatic carbocycles. The lowest BCUT2D eigenvalue weighted by atomic mass is 10.1. The average molecular weight is 578 g/mol. The largest absolute Gasteiger partial charge is 0.487 e. The Morgan fingerprint density at radius 2 is 1.56 bits per heavy atom. The average Bonchev–Trinajstić information content (AvgIpc) is 3.22. The Kier molecular flexibility index (Phi) is 8.67. The molecule has 0 saturated carbocycles. The molecular formula is C31H23Cl2FN2O2S. The molecule has 5 rings (SSSR count). The number of hydrogen-bond donors (Lipinski definition) is 0. The van der Waals surface area contributed by atoms with Crippen LogP contribution in [0.15, 0.2) is 107 Å². The lowest BCUT2D eigenvalue weighted by molar-refractivity contribution is -0.122. The van der Waals surface area contributed by atoms with E-state index in [1.807, 2.05) is 60.7 Å². The number of benzene rings is 4. The van der Waals surface area contributed by atoms with Gasteiger partial charge in [-0.2, -0.15) is 0 Å². The lowest BCUT2D eigenvalue weighted by Gasteiger charge is -2.16. The van der Waals surface area contributed by atoms with Gasteiger partial charge in [-0.15, -0.1) is 0 Å². The summed E-state index contributed by atoms with van der Waals surface area (Å²) >= 11 is 14.1. The highest BCUT2D eigenvalue weighted by Gasteiger charge is 2.33. The number of hydrogen-bond acceptors (Lipinski definition) is 4. The minimum atomic E-state index is -0.375. The van der Waals surface area contributed by atoms with Crippen LogP contribution in [0.2, 0.25) is 10.0 Å². The van der Waals surface area contributed by atoms with Gasteiger partial charge in [0.1, 0.15) is 18.2 Å². The van der Waals surface area contributed by atoms with Gasteiger partial charge >= 0.3 is 0 Å². The number of nitrogens with zero attached hydrogens (tertiary/aromatic N) is 2. The summed E-state index contributed by atoms with van der Waals surface area (Å²) < 4.78 is 20.1. The van der Waals surface area contributed by atoms with Crippen LogP contribution < -0.4 is 4.74 Å². The fourth-order valence-corrected chi connectivity index (χ4v) is 5.55. The summed E-state index contributed by atoms with van der Waals surface area (Å²) in [7, 11) is 0. The summed E-state index contributed by atoms with van der Waals surface area (Å²) in [5, 5.41) is 1.25. The molecule has 0 unspecified atom stereocenters. The Morgan fingerprint density at radius 3 is 2.28 bits per heavy atom. The Balaban J connectivity index is 1.47. The molecule has 0 aromatic heterocycles. The number of thioether (sulfide) groups is 1. The normalized spacial score (nSPS) is 15.4. The van der Waals surface area contributed by atoms with Crippen LogP contribution in [-0.2, 0) is 24.5 Å². The minimum absolute atomic E-state index is 0.0325. The third kappa shape index (κ3) is 6.71. The van der Waals surface area contributed by atoms with E-state index in [2.05, 4.69) is 0 Å². The zero-order chi connectivity index (χ0) is 27.2. The predicted molar refractivity (Wildman–Crippen MR) is 157 cm³/mol. The van der Waals surface area contributed by atoms with Crippen LogP contribution in [0.5, 0.6) is 5.75 Å². The van der Waals surface area contributed by atoms with Gasteiger partial charge in [-0.3, -0.25) is 14.7 Å². The second kappa shape index (κ2) is 12.5. The van der Waals surface area contributed by atoms with Crippen molar-refractivity contribution in [1.29, 1.82) is 0 Å². The van der Waals surface area contributed by atoms with E-state index in [1.54, 1.807) is 41.3 Å². The monoisotopic (exact) mass is 576 g/mol. The molecule has 0 spiro atoms. The number of amidine groups is 1. The SMILES string of the molecule is O=C1/C(=C\c2cc(Cl)cc(Cl)c2OCc2ccccc2F)SC(=NCc2ccccc2)N1Cc1ccccc1. The molecule has 0 atom stereocenters. The van der Waals surface area contributed by atoms with Crippen molar-refractivity contribution in [3.05, 3.63) is 140 Å². The van der Waals surface area contributed by atoms with Crippen molar-refractivity contribution in [3.8, 4) is 5.75 Å². The Morgan fingerprint density at radius 1 is 0.897 bits per heavy atom. The zero-order valence-corrected chi connectivity index (χ0v) is 23.0. The van der Waals surface area contributed by atoms with E-state index in [1.165, 1.54) is 17.8 Å². The zero-order valence-electron chi connectivity index (χ0n) is 20.7. The van der Waals surface area contributed by atoms with Gasteiger partial charge in [-0.25, -0.2) is 4.39 Å². The van der Waals surface area contributed by atoms with Crippen LogP contribution in [0, 0.1) is 5.82 Å². The van der Waals surface area contributed by atoms with Crippen LogP contribution in [0.25, 0.3) is 6.08 Å². The smallest absolute Gasteiger partial charge is 0.267 e. The van der Waals surface area contributed by atoms with Gasteiger partial charge in [0, 0.05) is 16.1 Å². The molecule has 0 aliphatic carbocycles. The van der Waals surface area contributed by atoms with E-state index >= 15 is 0 Å². The minimum Gasteiger partial charge on any atom is -0.487 e. The molecule has 196 valence electrons. The summed E-state index contributed by atoms with van der Waals surface area (Å²) in [4.78, 5) is 20.5. The molecule has 0 N–H and O–H groups in total. The number of carbonyl (C=O) groups excluding carboxylic acids is 1. The highest BCUT2D eigenvalue weighted by molar-refractivity contribution is 8.18. The topological polar surface area (TPSA) is 41.9 Å². The summed E-state index contributed by atoms with van der Waals surface area (Å²) in [5.74, 6) is -0.249. The van der Waals surface area contributed by atoms with Gasteiger partial charge < -0.3 is 4.74 Å². The van der Waals surface area contributed by atoms with E-state index in [0.717, 1.165) is 11.1 Å². The summed E-state index contributed by atoms with van der Waals surface area (Å²) in [6.07, 6.45) is 1.70. The van der Waals surface area contributed by atoms with Gasteiger partial charge in [0.05, 0.1) is 23.0 Å². The number of halogens is 3. The molecule has 1 aliphatic heterocycles. The standard InChI is InChI=1S/C31H23Cl2FN2O2S/c32-25-15-24(29(26(33)17-25)38-20-23-13-7-8-14-27(23)34)16-28-30(37)36(19-22-11-5-2-6-12-22)31(39-28)35-18-21-9-3-1-4-10-21/h1-17H,18-20H2/b28-16+,35-31?. The van der Waals surface area contributed by atoms with Gasteiger partial charge in [-0.1, -0.05) is 102 Å². The third-order valence-electron chi connectivity index (χ3n) is 5.96. The first-order chi connectivity index (χ1) is 19.0. The molecule has 1 heterocycles. The molecule has 1 aliphatic rings. The van der Waals surface area contributed by atoms with Gasteiger partial charge in [0.15, 0.2) is 5.17 Å². The third-order valence-corrected chi connectivity index (χ3v) is 7.51. The molecule has 0 bridgehead atoms. The van der Waals surface area contributed by atoms with Crippen molar-refractivity contribution in [1.82, 2.24) is 4.90 Å². The molecular weight excluding hydrogens is 554 g/mol. The van der Waals surface area contributed by atoms with Crippen molar-refractivity contribution in [2.75, 3.05) is 0 Å². The van der Waals surface area contributed by atoms with Crippen molar-refractivity contribution < 1.29 is 13.9 Å². The van der Waals surface area contributed by atoms with Crippen molar-refractivity contribution >= 4 is 52.1 Å². The molecule has 8 heteroatoms. The van der Waals surface area contributed by atoms with Crippen molar-refractivity contribution in [3.63, 3.8) is 0 Å². The van der Waals surface area contributed by atoms with Gasteiger partial charge in [0.2, 0.25) is 0 Å². The molecule has 4 nitrogen and oxygen atoms in total. The maximum atomic E-state index is 14.2. The second-order valence-electron chi connectivity index (χ2n) is 8.76. The molecule has 4 aromatic rings.